The zero-order valence-corrected chi connectivity index (χ0v) is 22.7. The Morgan fingerprint density at radius 3 is 1.76 bits per heavy atom. The number of carboxylic acid groups (broad SMARTS) is 3. The molecule has 2 aromatic heterocycles. The van der Waals surface area contributed by atoms with Gasteiger partial charge in [0.2, 0.25) is 0 Å². The molecule has 1 saturated heterocycles. The van der Waals surface area contributed by atoms with E-state index < -0.39 is 36.4 Å². The number of morpholine rings is 1. The Balaban J connectivity index is 0.000000396. The summed E-state index contributed by atoms with van der Waals surface area (Å²) in [5.74, 6) is -8.27. The Morgan fingerprint density at radius 2 is 1.31 bits per heavy atom. The van der Waals surface area contributed by atoms with E-state index in [0.717, 1.165) is 38.1 Å². The Morgan fingerprint density at radius 1 is 0.800 bits per heavy atom. The van der Waals surface area contributed by atoms with Gasteiger partial charge >= 0.3 is 36.4 Å². The van der Waals surface area contributed by atoms with Crippen LogP contribution in [0.5, 0.6) is 0 Å². The lowest BCUT2D eigenvalue weighted by molar-refractivity contribution is -0.193. The van der Waals surface area contributed by atoms with Gasteiger partial charge in [-0.15, -0.1) is 0 Å². The number of aliphatic carboxylic acids is 3. The van der Waals surface area contributed by atoms with Gasteiger partial charge in [0.25, 0.3) is 0 Å². The largest absolute Gasteiger partial charge is 0.490 e. The van der Waals surface area contributed by atoms with Crippen molar-refractivity contribution in [2.45, 2.75) is 62.8 Å². The summed E-state index contributed by atoms with van der Waals surface area (Å²) in [5.41, 5.74) is 2.43. The molecule has 1 saturated carbocycles. The molecular weight excluding hydrogens is 641 g/mol. The van der Waals surface area contributed by atoms with Gasteiger partial charge in [-0.3, -0.25) is 14.9 Å². The summed E-state index contributed by atoms with van der Waals surface area (Å²) >= 11 is 0. The van der Waals surface area contributed by atoms with Crippen LogP contribution in [0.15, 0.2) is 49.1 Å². The molecule has 2 aliphatic rings. The van der Waals surface area contributed by atoms with Gasteiger partial charge in [-0.25, -0.2) is 14.4 Å². The number of carbonyl (C=O) groups is 3. The number of halogens is 9. The number of hydrogen-bond acceptors (Lipinski definition) is 8. The van der Waals surface area contributed by atoms with Gasteiger partial charge in [0.15, 0.2) is 0 Å². The fourth-order valence-electron chi connectivity index (χ4n) is 3.77. The number of aromatic nitrogens is 2. The number of nitrogens with zero attached hydrogens (tertiary/aromatic N) is 3. The number of carboxylic acids is 3. The van der Waals surface area contributed by atoms with Crippen LogP contribution in [-0.4, -0.2) is 98.0 Å². The van der Waals surface area contributed by atoms with Crippen LogP contribution in [0.1, 0.15) is 24.0 Å². The van der Waals surface area contributed by atoms with E-state index in [4.69, 9.17) is 39.2 Å². The van der Waals surface area contributed by atoms with E-state index >= 15 is 0 Å². The first-order valence-electron chi connectivity index (χ1n) is 12.4. The molecule has 0 aromatic carbocycles. The predicted octanol–water partition coefficient (Wildman–Crippen LogP) is 4.33. The summed E-state index contributed by atoms with van der Waals surface area (Å²) in [5, 5.41) is 21.4. The third-order valence-corrected chi connectivity index (χ3v) is 5.70. The number of pyridine rings is 2. The maximum Gasteiger partial charge on any atom is 0.490 e. The molecule has 0 radical (unpaired) electrons. The fourth-order valence-corrected chi connectivity index (χ4v) is 3.77. The molecule has 1 aliphatic heterocycles. The average molecular weight is 667 g/mol. The molecule has 0 unspecified atom stereocenters. The van der Waals surface area contributed by atoms with Gasteiger partial charge in [0, 0.05) is 43.9 Å². The number of ether oxygens (including phenoxy) is 2. The van der Waals surface area contributed by atoms with Crippen LogP contribution in [0, 0.1) is 0 Å². The highest BCUT2D eigenvalue weighted by molar-refractivity contribution is 5.73. The Bertz CT molecular complexity index is 1140. The summed E-state index contributed by atoms with van der Waals surface area (Å²) < 4.78 is 107. The second-order valence-electron chi connectivity index (χ2n) is 8.93. The highest BCUT2D eigenvalue weighted by Gasteiger charge is 2.43. The van der Waals surface area contributed by atoms with Gasteiger partial charge < -0.3 is 24.8 Å². The fraction of sp³-hybridized carbons (Fsp3) is 0.480. The summed E-state index contributed by atoms with van der Waals surface area (Å²) in [6.07, 6.45) is -5.31. The molecule has 20 heteroatoms. The SMILES string of the molecule is O=C(O)C(F)(F)F.O=C(O)C(F)(F)F.O=C(O)C(F)(F)F.c1cncc(CN2CCO[C@H]3[C@@H](OCc4ccncc4)CC[C@@H]32)c1. The molecule has 2 aromatic rings. The molecular formula is C25H26F9N3O8. The molecule has 45 heavy (non-hydrogen) atoms. The summed E-state index contributed by atoms with van der Waals surface area (Å²) in [7, 11) is 0. The van der Waals surface area contributed by atoms with E-state index in [1.807, 2.05) is 43.0 Å². The van der Waals surface area contributed by atoms with Crippen LogP contribution in [0.3, 0.4) is 0 Å². The maximum absolute atomic E-state index is 10.6. The molecule has 0 bridgehead atoms. The molecule has 1 aliphatic carbocycles. The normalized spacial score (nSPS) is 19.7. The average Bonchev–Trinajstić information content (AvgIpc) is 3.37. The van der Waals surface area contributed by atoms with Crippen LogP contribution in [0.4, 0.5) is 39.5 Å². The smallest absolute Gasteiger partial charge is 0.475 e. The van der Waals surface area contributed by atoms with Crippen molar-refractivity contribution in [3.63, 3.8) is 0 Å². The van der Waals surface area contributed by atoms with E-state index in [-0.39, 0.29) is 12.2 Å². The standard InChI is InChI=1S/C19H23N3O2.3C2HF3O2/c1-2-16(12-21-7-1)13-22-10-11-23-19-17(22)3-4-18(19)24-14-15-5-8-20-9-6-15;3*3-2(4,5)1(6)7/h1-2,5-9,12,17-19H,3-4,10-11,13-14H2;3*(H,6,7)/t17-,18-,19+;;;/m0.../s1. The zero-order valence-electron chi connectivity index (χ0n) is 22.7. The van der Waals surface area contributed by atoms with Gasteiger partial charge in [0.05, 0.1) is 25.4 Å². The first kappa shape index (κ1) is 39.0. The lowest BCUT2D eigenvalue weighted by atomic mass is 10.1. The Kier molecular flexibility index (Phi) is 15.1. The molecule has 0 spiro atoms. The highest BCUT2D eigenvalue weighted by atomic mass is 19.4. The van der Waals surface area contributed by atoms with Crippen molar-refractivity contribution in [2.75, 3.05) is 13.2 Å². The molecule has 0 amide bonds. The third kappa shape index (κ3) is 15.0. The van der Waals surface area contributed by atoms with Crippen LogP contribution in [0.2, 0.25) is 0 Å². The van der Waals surface area contributed by atoms with Crippen LogP contribution < -0.4 is 0 Å². The quantitative estimate of drug-likeness (QED) is 0.390. The van der Waals surface area contributed by atoms with Crippen molar-refractivity contribution >= 4 is 17.9 Å². The maximum atomic E-state index is 10.6. The second-order valence-corrected chi connectivity index (χ2v) is 8.93. The number of rotatable bonds is 5. The Labute approximate surface area is 248 Å². The number of hydrogen-bond donors (Lipinski definition) is 3. The van der Waals surface area contributed by atoms with Crippen molar-refractivity contribution in [2.24, 2.45) is 0 Å². The van der Waals surface area contributed by atoms with Crippen molar-refractivity contribution in [1.29, 1.82) is 0 Å². The molecule has 3 heterocycles. The first-order chi connectivity index (χ1) is 20.7. The van der Waals surface area contributed by atoms with E-state index in [1.54, 1.807) is 0 Å². The minimum Gasteiger partial charge on any atom is -0.475 e. The van der Waals surface area contributed by atoms with Crippen LogP contribution in [0.25, 0.3) is 0 Å². The summed E-state index contributed by atoms with van der Waals surface area (Å²) in [6, 6.07) is 8.60. The molecule has 11 nitrogen and oxygen atoms in total. The minimum atomic E-state index is -5.08. The van der Waals surface area contributed by atoms with Gasteiger partial charge in [-0.05, 0) is 42.2 Å². The molecule has 3 N–H and O–H groups in total. The number of alkyl halides is 9. The van der Waals surface area contributed by atoms with E-state index in [2.05, 4.69) is 20.9 Å². The highest BCUT2D eigenvalue weighted by Crippen LogP contribution is 2.33. The molecule has 3 atom stereocenters. The summed E-state index contributed by atoms with van der Waals surface area (Å²) in [6.45, 7) is 3.32. The van der Waals surface area contributed by atoms with E-state index in [9.17, 15) is 39.5 Å². The topological polar surface area (TPSA) is 159 Å². The molecule has 252 valence electrons. The predicted molar refractivity (Wildman–Crippen MR) is 131 cm³/mol. The van der Waals surface area contributed by atoms with Gasteiger partial charge in [0.1, 0.15) is 0 Å². The van der Waals surface area contributed by atoms with Crippen LogP contribution in [-0.2, 0) is 37.0 Å². The van der Waals surface area contributed by atoms with E-state index in [1.165, 1.54) is 5.56 Å². The lowest BCUT2D eigenvalue weighted by Gasteiger charge is -2.39. The zero-order chi connectivity index (χ0) is 34.4. The van der Waals surface area contributed by atoms with Gasteiger partial charge in [-0.2, -0.15) is 39.5 Å². The monoisotopic (exact) mass is 667 g/mol. The minimum absolute atomic E-state index is 0.178. The van der Waals surface area contributed by atoms with Crippen molar-refractivity contribution in [3.8, 4) is 0 Å². The molecule has 4 rings (SSSR count). The van der Waals surface area contributed by atoms with Crippen LogP contribution >= 0.6 is 0 Å². The number of fused-ring (bicyclic) bond motifs is 1. The first-order valence-corrected chi connectivity index (χ1v) is 12.4. The van der Waals surface area contributed by atoms with Crippen molar-refractivity contribution < 1.29 is 78.7 Å². The Hall–Kier alpha value is -4.04. The van der Waals surface area contributed by atoms with Crippen molar-refractivity contribution in [3.05, 3.63) is 60.2 Å². The molecule has 2 fully saturated rings. The third-order valence-electron chi connectivity index (χ3n) is 5.70. The summed E-state index contributed by atoms with van der Waals surface area (Å²) in [4.78, 5) is 37.5. The van der Waals surface area contributed by atoms with E-state index in [0.29, 0.717) is 12.6 Å². The van der Waals surface area contributed by atoms with Crippen molar-refractivity contribution in [1.82, 2.24) is 14.9 Å². The lowest BCUT2D eigenvalue weighted by Crippen LogP contribution is -2.51. The second kappa shape index (κ2) is 17.4. The van der Waals surface area contributed by atoms with Gasteiger partial charge in [-0.1, -0.05) is 6.07 Å².